The predicted molar refractivity (Wildman–Crippen MR) is 51.5 cm³/mol. The van der Waals surface area contributed by atoms with Gasteiger partial charge in [0.1, 0.15) is 0 Å². The highest BCUT2D eigenvalue weighted by atomic mass is 28.1. The van der Waals surface area contributed by atoms with Crippen LogP contribution >= 0.6 is 0 Å². The Hall–Kier alpha value is 0.217. The van der Waals surface area contributed by atoms with Crippen LogP contribution in [0.25, 0.3) is 0 Å². The molecular weight excluding hydrogens is 148 g/mol. The average Bonchev–Trinajstić information content (AvgIpc) is 1.84. The van der Waals surface area contributed by atoms with Crippen molar-refractivity contribution in [1.82, 2.24) is 0 Å². The summed E-state index contributed by atoms with van der Waals surface area (Å²) in [6, 6.07) is 0. The second-order valence-electron chi connectivity index (χ2n) is 5.50. The molecule has 3 fully saturated rings. The molecule has 3 saturated carbocycles. The smallest absolute Gasteiger partial charge is 0.0163 e. The summed E-state index contributed by atoms with van der Waals surface area (Å²) in [5.41, 5.74) is 0.675. The van der Waals surface area contributed by atoms with Crippen LogP contribution in [0.1, 0.15) is 40.0 Å². The van der Waals surface area contributed by atoms with E-state index >= 15 is 0 Å². The van der Waals surface area contributed by atoms with E-state index in [-0.39, 0.29) is 0 Å². The molecule has 63 valence electrons. The van der Waals surface area contributed by atoms with Crippen LogP contribution in [0, 0.1) is 17.3 Å². The van der Waals surface area contributed by atoms with E-state index in [4.69, 9.17) is 0 Å². The van der Waals surface area contributed by atoms with Crippen molar-refractivity contribution in [3.63, 3.8) is 0 Å². The average molecular weight is 167 g/mol. The Balaban J connectivity index is 2.23. The van der Waals surface area contributed by atoms with Crippen LogP contribution in [0.4, 0.5) is 0 Å². The maximum Gasteiger partial charge on any atom is 0.0163 e. The minimum Gasteiger partial charge on any atom is -0.0626 e. The standard InChI is InChI=1S/C10H19Si/c1-9(2)7-4-5-10(3,11)8(9)6-7/h7-8H,4-6,11H2,1-3H3. The maximum absolute atomic E-state index is 2.47. The molecule has 0 aromatic heterocycles. The van der Waals surface area contributed by atoms with Gasteiger partial charge in [-0.15, -0.1) is 0 Å². The second-order valence-corrected chi connectivity index (χ2v) is 7.11. The van der Waals surface area contributed by atoms with Crippen molar-refractivity contribution in [3.8, 4) is 0 Å². The van der Waals surface area contributed by atoms with Crippen molar-refractivity contribution in [3.05, 3.63) is 0 Å². The lowest BCUT2D eigenvalue weighted by atomic mass is 9.45. The monoisotopic (exact) mass is 167 g/mol. The lowest BCUT2D eigenvalue weighted by Crippen LogP contribution is -2.54. The van der Waals surface area contributed by atoms with Gasteiger partial charge in [0, 0.05) is 10.2 Å². The van der Waals surface area contributed by atoms with Gasteiger partial charge >= 0.3 is 0 Å². The first-order chi connectivity index (χ1) is 4.94. The molecule has 3 aliphatic rings. The number of rotatable bonds is 0. The maximum atomic E-state index is 2.47. The minimum absolute atomic E-state index is 0.665. The van der Waals surface area contributed by atoms with Crippen LogP contribution in [-0.4, -0.2) is 10.2 Å². The van der Waals surface area contributed by atoms with Crippen molar-refractivity contribution >= 4 is 10.2 Å². The van der Waals surface area contributed by atoms with Gasteiger partial charge in [0.05, 0.1) is 0 Å². The third-order valence-corrected chi connectivity index (χ3v) is 5.22. The van der Waals surface area contributed by atoms with Crippen LogP contribution in [0.2, 0.25) is 5.04 Å². The summed E-state index contributed by atoms with van der Waals surface area (Å²) in [6.45, 7) is 7.40. The SMILES string of the molecule is CC1([SiH2])CCC2CC1C2(C)C. The van der Waals surface area contributed by atoms with Gasteiger partial charge < -0.3 is 0 Å². The minimum atomic E-state index is 0.665. The van der Waals surface area contributed by atoms with Gasteiger partial charge in [-0.25, -0.2) is 0 Å². The zero-order valence-corrected chi connectivity index (χ0v) is 9.40. The Morgan fingerprint density at radius 1 is 1.27 bits per heavy atom. The molecule has 3 aliphatic carbocycles. The first kappa shape index (κ1) is 7.84. The molecule has 0 saturated heterocycles. The Labute approximate surface area is 73.2 Å². The molecule has 3 atom stereocenters. The van der Waals surface area contributed by atoms with Gasteiger partial charge in [0.25, 0.3) is 0 Å². The summed E-state index contributed by atoms with van der Waals surface area (Å²) < 4.78 is 0. The van der Waals surface area contributed by atoms with Crippen molar-refractivity contribution in [1.29, 1.82) is 0 Å². The molecule has 1 heteroatoms. The molecule has 0 nitrogen and oxygen atoms in total. The van der Waals surface area contributed by atoms with Crippen molar-refractivity contribution < 1.29 is 0 Å². The van der Waals surface area contributed by atoms with Crippen LogP contribution in [-0.2, 0) is 0 Å². The largest absolute Gasteiger partial charge is 0.0626 e. The Morgan fingerprint density at radius 2 is 1.91 bits per heavy atom. The molecule has 2 bridgehead atoms. The molecule has 11 heavy (non-hydrogen) atoms. The van der Waals surface area contributed by atoms with Gasteiger partial charge in [-0.3, -0.25) is 0 Å². The molecule has 0 amide bonds. The zero-order chi connectivity index (χ0) is 8.28. The fourth-order valence-electron chi connectivity index (χ4n) is 3.37. The van der Waals surface area contributed by atoms with Crippen LogP contribution in [0.3, 0.4) is 0 Å². The van der Waals surface area contributed by atoms with Gasteiger partial charge in [-0.05, 0) is 35.1 Å². The molecule has 3 unspecified atom stereocenters. The lowest BCUT2D eigenvalue weighted by molar-refractivity contribution is -0.0909. The zero-order valence-electron chi connectivity index (χ0n) is 7.98. The molecular formula is C10H19Si. The molecule has 0 heterocycles. The lowest BCUT2D eigenvalue weighted by Gasteiger charge is -2.63. The molecule has 0 aliphatic heterocycles. The number of fused-ring (bicyclic) bond motifs is 2. The second kappa shape index (κ2) is 1.93. The van der Waals surface area contributed by atoms with Crippen LogP contribution in [0.15, 0.2) is 0 Å². The van der Waals surface area contributed by atoms with E-state index in [1.807, 2.05) is 0 Å². The normalized spacial score (nSPS) is 53.5. The summed E-state index contributed by atoms with van der Waals surface area (Å²) in [4.78, 5) is 0. The highest BCUT2D eigenvalue weighted by molar-refractivity contribution is 6.15. The summed E-state index contributed by atoms with van der Waals surface area (Å²) in [5.74, 6) is 2.08. The number of hydrogen-bond donors (Lipinski definition) is 0. The molecule has 0 aromatic rings. The summed E-state index contributed by atoms with van der Waals surface area (Å²) in [5, 5.41) is 0.665. The Kier molecular flexibility index (Phi) is 1.38. The summed E-state index contributed by atoms with van der Waals surface area (Å²) >= 11 is 0. The first-order valence-electron chi connectivity index (χ1n) is 4.80. The molecule has 1 radical (unpaired) electrons. The molecule has 3 rings (SSSR count). The Morgan fingerprint density at radius 3 is 2.18 bits per heavy atom. The van der Waals surface area contributed by atoms with Crippen LogP contribution < -0.4 is 0 Å². The summed E-state index contributed by atoms with van der Waals surface area (Å²) in [7, 11) is 2.24. The van der Waals surface area contributed by atoms with Gasteiger partial charge in [-0.1, -0.05) is 27.2 Å². The molecule has 0 N–H and O–H groups in total. The summed E-state index contributed by atoms with van der Waals surface area (Å²) in [6.07, 6.45) is 4.49. The van der Waals surface area contributed by atoms with Gasteiger partial charge in [0.2, 0.25) is 0 Å². The van der Waals surface area contributed by atoms with E-state index in [1.54, 1.807) is 0 Å². The molecule has 0 spiro atoms. The first-order valence-corrected chi connectivity index (χ1v) is 5.50. The van der Waals surface area contributed by atoms with E-state index in [2.05, 4.69) is 31.0 Å². The third kappa shape index (κ3) is 0.866. The fourth-order valence-corrected chi connectivity index (χ4v) is 4.26. The van der Waals surface area contributed by atoms with Crippen molar-refractivity contribution in [2.45, 2.75) is 45.1 Å². The van der Waals surface area contributed by atoms with Gasteiger partial charge in [0.15, 0.2) is 0 Å². The quantitative estimate of drug-likeness (QED) is 0.485. The number of hydrogen-bond acceptors (Lipinski definition) is 0. The van der Waals surface area contributed by atoms with E-state index in [0.29, 0.717) is 10.5 Å². The highest BCUT2D eigenvalue weighted by Crippen LogP contribution is 2.67. The van der Waals surface area contributed by atoms with Gasteiger partial charge in [-0.2, -0.15) is 0 Å². The van der Waals surface area contributed by atoms with Crippen molar-refractivity contribution in [2.75, 3.05) is 0 Å². The topological polar surface area (TPSA) is 0 Å². The van der Waals surface area contributed by atoms with E-state index < -0.39 is 0 Å². The van der Waals surface area contributed by atoms with Crippen molar-refractivity contribution in [2.24, 2.45) is 17.3 Å². The molecule has 0 aromatic carbocycles. The highest BCUT2D eigenvalue weighted by Gasteiger charge is 2.57. The van der Waals surface area contributed by atoms with E-state index in [9.17, 15) is 0 Å². The van der Waals surface area contributed by atoms with E-state index in [0.717, 1.165) is 11.8 Å². The third-order valence-electron chi connectivity index (χ3n) is 4.38. The predicted octanol–water partition coefficient (Wildman–Crippen LogP) is 2.25. The van der Waals surface area contributed by atoms with E-state index in [1.165, 1.54) is 19.3 Å². The fraction of sp³-hybridized carbons (Fsp3) is 1.00. The Bertz CT molecular complexity index is 171. The van der Waals surface area contributed by atoms with Crippen LogP contribution in [0.5, 0.6) is 0 Å².